The molecule has 0 radical (unpaired) electrons. The summed E-state index contributed by atoms with van der Waals surface area (Å²) >= 11 is 0. The van der Waals surface area contributed by atoms with Crippen LogP contribution in [0.1, 0.15) is 0 Å². The number of para-hydroxylation sites is 2. The van der Waals surface area contributed by atoms with Crippen molar-refractivity contribution in [2.24, 2.45) is 0 Å². The zero-order valence-corrected chi connectivity index (χ0v) is 7.56. The molecule has 1 atom stereocenters. The molecular weight excluding hydrogens is 180 g/mol. The molecule has 1 aromatic heterocycles. The van der Waals surface area contributed by atoms with E-state index in [1.165, 1.54) is 0 Å². The van der Waals surface area contributed by atoms with Crippen molar-refractivity contribution in [1.82, 2.24) is 9.97 Å². The zero-order valence-electron chi connectivity index (χ0n) is 7.56. The van der Waals surface area contributed by atoms with Crippen LogP contribution < -0.4 is 4.74 Å². The Labute approximate surface area is 80.9 Å². The number of aromatic amines is 1. The van der Waals surface area contributed by atoms with Gasteiger partial charge in [0.15, 0.2) is 0 Å². The van der Waals surface area contributed by atoms with Crippen LogP contribution in [0.15, 0.2) is 24.3 Å². The first-order valence-corrected chi connectivity index (χ1v) is 4.61. The van der Waals surface area contributed by atoms with E-state index in [9.17, 15) is 0 Å². The van der Waals surface area contributed by atoms with Crippen molar-refractivity contribution in [3.63, 3.8) is 0 Å². The predicted octanol–water partition coefficient (Wildman–Crippen LogP) is 1.34. The molecule has 3 rings (SSSR count). The number of imidazole rings is 1. The van der Waals surface area contributed by atoms with E-state index in [1.807, 2.05) is 24.3 Å². The van der Waals surface area contributed by atoms with Crippen molar-refractivity contribution in [3.8, 4) is 6.01 Å². The van der Waals surface area contributed by atoms with Crippen LogP contribution in [0.4, 0.5) is 0 Å². The number of benzene rings is 1. The minimum Gasteiger partial charge on any atom is -0.462 e. The minimum atomic E-state index is 0.267. The van der Waals surface area contributed by atoms with Gasteiger partial charge in [0.05, 0.1) is 17.6 Å². The molecule has 1 fully saturated rings. The molecule has 2 heterocycles. The molecule has 1 aliphatic heterocycles. The summed E-state index contributed by atoms with van der Waals surface area (Å²) in [6.45, 7) is 1.39. The van der Waals surface area contributed by atoms with Crippen LogP contribution in [0, 0.1) is 0 Å². The Hall–Kier alpha value is -1.55. The van der Waals surface area contributed by atoms with Gasteiger partial charge >= 0.3 is 0 Å². The van der Waals surface area contributed by atoms with Crippen molar-refractivity contribution < 1.29 is 9.47 Å². The standard InChI is InChI=1S/C10H10N2O2/c1-2-4-9-8(3-1)11-10(12-9)14-6-7-5-13-7/h1-4,7H,5-6H2,(H,11,12)/t7-/m0/s1. The molecule has 1 aliphatic rings. The van der Waals surface area contributed by atoms with Crippen molar-refractivity contribution in [1.29, 1.82) is 0 Å². The van der Waals surface area contributed by atoms with Crippen LogP contribution in [-0.2, 0) is 4.74 Å². The van der Waals surface area contributed by atoms with Crippen molar-refractivity contribution >= 4 is 11.0 Å². The van der Waals surface area contributed by atoms with E-state index < -0.39 is 0 Å². The van der Waals surface area contributed by atoms with Crippen molar-refractivity contribution in [3.05, 3.63) is 24.3 Å². The fourth-order valence-electron chi connectivity index (χ4n) is 1.33. The fourth-order valence-corrected chi connectivity index (χ4v) is 1.33. The number of epoxide rings is 1. The van der Waals surface area contributed by atoms with Crippen LogP contribution in [-0.4, -0.2) is 29.3 Å². The topological polar surface area (TPSA) is 50.4 Å². The fraction of sp³-hybridized carbons (Fsp3) is 0.300. The summed E-state index contributed by atoms with van der Waals surface area (Å²) in [6, 6.07) is 8.42. The zero-order chi connectivity index (χ0) is 9.38. The number of hydrogen-bond acceptors (Lipinski definition) is 3. The summed E-state index contributed by atoms with van der Waals surface area (Å²) in [7, 11) is 0. The van der Waals surface area contributed by atoms with Gasteiger partial charge in [0, 0.05) is 0 Å². The Morgan fingerprint density at radius 3 is 3.14 bits per heavy atom. The highest BCUT2D eigenvalue weighted by molar-refractivity contribution is 5.75. The number of nitrogens with zero attached hydrogens (tertiary/aromatic N) is 1. The molecule has 1 N–H and O–H groups in total. The minimum absolute atomic E-state index is 0.267. The second-order valence-electron chi connectivity index (χ2n) is 3.33. The summed E-state index contributed by atoms with van der Waals surface area (Å²) in [5, 5.41) is 0. The summed E-state index contributed by atoms with van der Waals surface area (Å²) in [5.74, 6) is 0. The lowest BCUT2D eigenvalue weighted by Gasteiger charge is -1.96. The summed E-state index contributed by atoms with van der Waals surface area (Å²) in [4.78, 5) is 7.37. The molecule has 4 heteroatoms. The second kappa shape index (κ2) is 2.99. The number of ether oxygens (including phenoxy) is 2. The van der Waals surface area contributed by atoms with Gasteiger partial charge in [-0.15, -0.1) is 0 Å². The number of fused-ring (bicyclic) bond motifs is 1. The Balaban J connectivity index is 1.82. The maximum Gasteiger partial charge on any atom is 0.294 e. The highest BCUT2D eigenvalue weighted by atomic mass is 16.6. The summed E-state index contributed by atoms with van der Waals surface area (Å²) < 4.78 is 10.5. The highest BCUT2D eigenvalue weighted by Gasteiger charge is 2.23. The maximum atomic E-state index is 5.42. The van der Waals surface area contributed by atoms with Gasteiger partial charge in [0.1, 0.15) is 12.7 Å². The van der Waals surface area contributed by atoms with Crippen molar-refractivity contribution in [2.75, 3.05) is 13.2 Å². The Morgan fingerprint density at radius 2 is 2.36 bits per heavy atom. The molecule has 0 amide bonds. The first-order chi connectivity index (χ1) is 6.92. The number of rotatable bonds is 3. The monoisotopic (exact) mass is 190 g/mol. The molecule has 4 nitrogen and oxygen atoms in total. The Kier molecular flexibility index (Phi) is 1.67. The van der Waals surface area contributed by atoms with Gasteiger partial charge in [-0.05, 0) is 12.1 Å². The molecule has 1 saturated heterocycles. The predicted molar refractivity (Wildman–Crippen MR) is 51.3 cm³/mol. The third-order valence-electron chi connectivity index (χ3n) is 2.18. The normalized spacial score (nSPS) is 19.9. The summed E-state index contributed by atoms with van der Waals surface area (Å²) in [5.41, 5.74) is 1.93. The van der Waals surface area contributed by atoms with Gasteiger partial charge in [-0.2, -0.15) is 4.98 Å². The number of H-pyrrole nitrogens is 1. The van der Waals surface area contributed by atoms with Crippen LogP contribution in [0.2, 0.25) is 0 Å². The van der Waals surface area contributed by atoms with Gasteiger partial charge in [-0.1, -0.05) is 12.1 Å². The molecule has 0 aliphatic carbocycles. The molecular formula is C10H10N2O2. The third kappa shape index (κ3) is 1.44. The molecule has 0 saturated carbocycles. The van der Waals surface area contributed by atoms with Gasteiger partial charge in [0.2, 0.25) is 0 Å². The lowest BCUT2D eigenvalue weighted by Crippen LogP contribution is -2.04. The molecule has 72 valence electrons. The largest absolute Gasteiger partial charge is 0.462 e. The third-order valence-corrected chi connectivity index (χ3v) is 2.18. The average molecular weight is 190 g/mol. The molecule has 14 heavy (non-hydrogen) atoms. The van der Waals surface area contributed by atoms with Gasteiger partial charge in [0.25, 0.3) is 6.01 Å². The first kappa shape index (κ1) is 7.82. The quantitative estimate of drug-likeness (QED) is 0.743. The molecule has 0 bridgehead atoms. The molecule has 0 spiro atoms. The van der Waals surface area contributed by atoms with E-state index in [2.05, 4.69) is 9.97 Å². The van der Waals surface area contributed by atoms with Gasteiger partial charge < -0.3 is 14.5 Å². The van der Waals surface area contributed by atoms with Crippen molar-refractivity contribution in [2.45, 2.75) is 6.10 Å². The van der Waals surface area contributed by atoms with E-state index in [1.54, 1.807) is 0 Å². The van der Waals surface area contributed by atoms with Crippen LogP contribution in [0.25, 0.3) is 11.0 Å². The smallest absolute Gasteiger partial charge is 0.294 e. The molecule has 1 aromatic carbocycles. The number of aromatic nitrogens is 2. The van der Waals surface area contributed by atoms with E-state index in [-0.39, 0.29) is 6.10 Å². The van der Waals surface area contributed by atoms with E-state index in [0.29, 0.717) is 12.6 Å². The average Bonchev–Trinajstić information content (AvgIpc) is 2.94. The van der Waals surface area contributed by atoms with Crippen LogP contribution >= 0.6 is 0 Å². The second-order valence-corrected chi connectivity index (χ2v) is 3.33. The Bertz CT molecular complexity index is 415. The number of hydrogen-bond donors (Lipinski definition) is 1. The van der Waals surface area contributed by atoms with E-state index in [4.69, 9.17) is 9.47 Å². The van der Waals surface area contributed by atoms with Crippen LogP contribution in [0.5, 0.6) is 6.01 Å². The highest BCUT2D eigenvalue weighted by Crippen LogP contribution is 2.16. The number of nitrogens with one attached hydrogen (secondary N) is 1. The molecule has 0 unspecified atom stereocenters. The van der Waals surface area contributed by atoms with E-state index in [0.717, 1.165) is 17.6 Å². The molecule has 2 aromatic rings. The van der Waals surface area contributed by atoms with Gasteiger partial charge in [-0.25, -0.2) is 0 Å². The lowest BCUT2D eigenvalue weighted by atomic mass is 10.3. The lowest BCUT2D eigenvalue weighted by molar-refractivity contribution is 0.249. The Morgan fingerprint density at radius 1 is 1.50 bits per heavy atom. The van der Waals surface area contributed by atoms with Gasteiger partial charge in [-0.3, -0.25) is 0 Å². The SMILES string of the molecule is c1ccc2[nH]c(OC[C@@H]3CO3)nc2c1. The van der Waals surface area contributed by atoms with E-state index >= 15 is 0 Å². The first-order valence-electron chi connectivity index (χ1n) is 4.61. The van der Waals surface area contributed by atoms with Crippen LogP contribution in [0.3, 0.4) is 0 Å². The summed E-state index contributed by atoms with van der Waals surface area (Å²) in [6.07, 6.45) is 0.267. The maximum absolute atomic E-state index is 5.42.